The quantitative estimate of drug-likeness (QED) is 0.666. The Morgan fingerprint density at radius 2 is 1.96 bits per heavy atom. The van der Waals surface area contributed by atoms with E-state index >= 15 is 0 Å². The third-order valence-corrected chi connectivity index (χ3v) is 5.50. The maximum absolute atomic E-state index is 13.0. The van der Waals surface area contributed by atoms with E-state index in [9.17, 15) is 9.90 Å². The zero-order valence-electron chi connectivity index (χ0n) is 15.7. The first kappa shape index (κ1) is 19.4. The van der Waals surface area contributed by atoms with E-state index in [-0.39, 0.29) is 5.91 Å². The summed E-state index contributed by atoms with van der Waals surface area (Å²) in [5.41, 5.74) is 0.948. The number of fused-ring (bicyclic) bond motifs is 1. The Bertz CT molecular complexity index is 949. The summed E-state index contributed by atoms with van der Waals surface area (Å²) < 4.78 is 1.82. The molecule has 2 N–H and O–H groups in total. The molecule has 5 nitrogen and oxygen atoms in total. The first-order valence-corrected chi connectivity index (χ1v) is 9.46. The number of hydrogen-bond acceptors (Lipinski definition) is 3. The molecule has 1 aromatic carbocycles. The molecule has 3 aromatic rings. The minimum absolute atomic E-state index is 0.293. The van der Waals surface area contributed by atoms with Gasteiger partial charge in [-0.2, -0.15) is 0 Å². The van der Waals surface area contributed by atoms with Crippen molar-refractivity contribution < 1.29 is 9.90 Å². The molecule has 1 unspecified atom stereocenters. The van der Waals surface area contributed by atoms with Crippen molar-refractivity contribution in [3.8, 4) is 0 Å². The molecule has 1 atom stereocenters. The van der Waals surface area contributed by atoms with E-state index in [2.05, 4.69) is 10.3 Å². The Labute approximate surface area is 164 Å². The van der Waals surface area contributed by atoms with E-state index in [0.717, 1.165) is 16.6 Å². The number of hydrogen-bond donors (Lipinski definition) is 2. The second-order valence-corrected chi connectivity index (χ2v) is 7.22. The molecule has 0 aliphatic carbocycles. The van der Waals surface area contributed by atoms with Crippen molar-refractivity contribution in [2.75, 3.05) is 0 Å². The van der Waals surface area contributed by atoms with Gasteiger partial charge in [0.25, 0.3) is 5.91 Å². The van der Waals surface area contributed by atoms with E-state index in [0.29, 0.717) is 23.4 Å². The molecule has 3 rings (SSSR count). The smallest absolute Gasteiger partial charge is 0.253 e. The van der Waals surface area contributed by atoms with E-state index in [1.165, 1.54) is 6.20 Å². The van der Waals surface area contributed by atoms with Crippen molar-refractivity contribution in [1.82, 2.24) is 14.9 Å². The van der Waals surface area contributed by atoms with Gasteiger partial charge in [-0.25, -0.2) is 4.98 Å². The largest absolute Gasteiger partial charge is 0.387 e. The number of aliphatic hydroxyl groups is 1. The highest BCUT2D eigenvalue weighted by Crippen LogP contribution is 2.32. The number of nitrogens with one attached hydrogen (secondary N) is 1. The molecule has 0 radical (unpaired) electrons. The number of rotatable bonds is 6. The molecule has 1 amide bonds. The molecule has 0 aliphatic rings. The van der Waals surface area contributed by atoms with Crippen LogP contribution in [0.2, 0.25) is 5.02 Å². The Kier molecular flexibility index (Phi) is 5.53. The van der Waals surface area contributed by atoms with E-state index < -0.39 is 11.6 Å². The lowest BCUT2D eigenvalue weighted by atomic mass is 9.84. The van der Waals surface area contributed by atoms with Crippen molar-refractivity contribution in [3.63, 3.8) is 0 Å². The van der Waals surface area contributed by atoms with Crippen LogP contribution in [0.1, 0.15) is 48.7 Å². The molecule has 0 spiro atoms. The fourth-order valence-electron chi connectivity index (χ4n) is 3.39. The summed E-state index contributed by atoms with van der Waals surface area (Å²) in [6, 6.07) is 10.7. The fraction of sp³-hybridized carbons (Fsp3) is 0.333. The maximum Gasteiger partial charge on any atom is 0.253 e. The van der Waals surface area contributed by atoms with Gasteiger partial charge in [0.1, 0.15) is 5.65 Å². The second kappa shape index (κ2) is 7.71. The molecule has 0 aliphatic heterocycles. The van der Waals surface area contributed by atoms with Crippen LogP contribution in [-0.2, 0) is 7.05 Å². The highest BCUT2D eigenvalue weighted by molar-refractivity contribution is 6.35. The zero-order chi connectivity index (χ0) is 19.6. The van der Waals surface area contributed by atoms with Crippen molar-refractivity contribution in [1.29, 1.82) is 0 Å². The molecule has 0 saturated heterocycles. The lowest BCUT2D eigenvalue weighted by Crippen LogP contribution is -2.45. The number of aromatic nitrogens is 2. The zero-order valence-corrected chi connectivity index (χ0v) is 16.5. The average Bonchev–Trinajstić information content (AvgIpc) is 2.99. The molecule has 0 fully saturated rings. The normalized spacial score (nSPS) is 12.9. The van der Waals surface area contributed by atoms with Gasteiger partial charge in [-0.15, -0.1) is 0 Å². The summed E-state index contributed by atoms with van der Waals surface area (Å²) >= 11 is 6.24. The molecule has 142 valence electrons. The van der Waals surface area contributed by atoms with E-state index in [1.54, 1.807) is 12.3 Å². The van der Waals surface area contributed by atoms with Crippen molar-refractivity contribution >= 4 is 28.5 Å². The Balaban J connectivity index is 1.96. The molecule has 2 heterocycles. The molecule has 27 heavy (non-hydrogen) atoms. The highest BCUT2D eigenvalue weighted by Gasteiger charge is 2.36. The van der Waals surface area contributed by atoms with Gasteiger partial charge in [0, 0.05) is 24.8 Å². The Morgan fingerprint density at radius 1 is 1.30 bits per heavy atom. The van der Waals surface area contributed by atoms with Gasteiger partial charge in [-0.05, 0) is 24.5 Å². The molecule has 2 aromatic heterocycles. The van der Waals surface area contributed by atoms with Crippen LogP contribution in [-0.4, -0.2) is 26.2 Å². The van der Waals surface area contributed by atoms with Crippen LogP contribution in [0, 0.1) is 0 Å². The number of halogens is 1. The van der Waals surface area contributed by atoms with Gasteiger partial charge >= 0.3 is 0 Å². The van der Waals surface area contributed by atoms with Gasteiger partial charge in [0.2, 0.25) is 0 Å². The lowest BCUT2D eigenvalue weighted by Gasteiger charge is -2.35. The number of carbonyl (C=O) groups excluding carboxylic acids is 1. The maximum atomic E-state index is 13.0. The summed E-state index contributed by atoms with van der Waals surface area (Å²) in [5, 5.41) is 15.4. The third-order valence-electron chi connectivity index (χ3n) is 5.20. The summed E-state index contributed by atoms with van der Waals surface area (Å²) in [5.74, 6) is -0.293. The predicted octanol–water partition coefficient (Wildman–Crippen LogP) is 4.25. The van der Waals surface area contributed by atoms with Crippen LogP contribution in [0.25, 0.3) is 11.0 Å². The van der Waals surface area contributed by atoms with Gasteiger partial charge in [0.15, 0.2) is 0 Å². The third kappa shape index (κ3) is 3.70. The minimum Gasteiger partial charge on any atom is -0.387 e. The highest BCUT2D eigenvalue weighted by atomic mass is 35.5. The average molecular weight is 386 g/mol. The van der Waals surface area contributed by atoms with E-state index in [1.807, 2.05) is 55.8 Å². The Morgan fingerprint density at radius 3 is 2.59 bits per heavy atom. The number of pyridine rings is 1. The van der Waals surface area contributed by atoms with Gasteiger partial charge in [0.05, 0.1) is 22.2 Å². The standard InChI is InChI=1S/C21H24ClN3O2/c1-4-21(27,5-2)18(14-9-7-6-8-10-14)24-20(26)15-11-16-17(22)13-25(3)19(16)23-12-15/h6-13,18,27H,4-5H2,1-3H3,(H,24,26). The number of aryl methyl sites for hydroxylation is 1. The number of nitrogens with zero attached hydrogens (tertiary/aromatic N) is 2. The monoisotopic (exact) mass is 385 g/mol. The first-order valence-electron chi connectivity index (χ1n) is 9.08. The van der Waals surface area contributed by atoms with Crippen LogP contribution in [0.3, 0.4) is 0 Å². The van der Waals surface area contributed by atoms with E-state index in [4.69, 9.17) is 11.6 Å². The van der Waals surface area contributed by atoms with Gasteiger partial charge in [-0.3, -0.25) is 4.79 Å². The molecule has 6 heteroatoms. The summed E-state index contributed by atoms with van der Waals surface area (Å²) in [4.78, 5) is 17.3. The number of carbonyl (C=O) groups is 1. The fourth-order valence-corrected chi connectivity index (χ4v) is 3.67. The second-order valence-electron chi connectivity index (χ2n) is 6.81. The van der Waals surface area contributed by atoms with Crippen LogP contribution in [0.15, 0.2) is 48.8 Å². The van der Waals surface area contributed by atoms with Crippen molar-refractivity contribution in [2.24, 2.45) is 7.05 Å². The Hall–Kier alpha value is -2.37. The summed E-state index contributed by atoms with van der Waals surface area (Å²) in [6.45, 7) is 3.84. The van der Waals surface area contributed by atoms with Crippen LogP contribution in [0.5, 0.6) is 0 Å². The molecule has 0 saturated carbocycles. The van der Waals surface area contributed by atoms with Crippen molar-refractivity contribution in [3.05, 3.63) is 64.9 Å². The first-order chi connectivity index (χ1) is 12.9. The van der Waals surface area contributed by atoms with Crippen LogP contribution < -0.4 is 5.32 Å². The number of amides is 1. The molecular formula is C21H24ClN3O2. The van der Waals surface area contributed by atoms with Crippen LogP contribution >= 0.6 is 11.6 Å². The van der Waals surface area contributed by atoms with Gasteiger partial charge in [-0.1, -0.05) is 55.8 Å². The SMILES string of the molecule is CCC(O)(CC)C(NC(=O)c1cnc2c(c1)c(Cl)cn2C)c1ccccc1. The van der Waals surface area contributed by atoms with Crippen LogP contribution in [0.4, 0.5) is 0 Å². The molecule has 0 bridgehead atoms. The predicted molar refractivity (Wildman–Crippen MR) is 108 cm³/mol. The summed E-state index contributed by atoms with van der Waals surface area (Å²) in [7, 11) is 1.86. The minimum atomic E-state index is -1.04. The summed E-state index contributed by atoms with van der Waals surface area (Å²) in [6.07, 6.45) is 4.34. The van der Waals surface area contributed by atoms with Crippen molar-refractivity contribution in [2.45, 2.75) is 38.3 Å². The van der Waals surface area contributed by atoms with Gasteiger partial charge < -0.3 is 15.0 Å². The topological polar surface area (TPSA) is 67.2 Å². The number of benzene rings is 1. The molecular weight excluding hydrogens is 362 g/mol. The lowest BCUT2D eigenvalue weighted by molar-refractivity contribution is -0.00600.